The molecule has 1 aliphatic heterocycles. The average Bonchev–Trinajstić information content (AvgIpc) is 3.30. The van der Waals surface area contributed by atoms with Crippen molar-refractivity contribution in [1.29, 1.82) is 0 Å². The molecule has 1 aromatic rings. The number of urea groups is 1. The van der Waals surface area contributed by atoms with E-state index in [0.717, 1.165) is 18.5 Å². The minimum absolute atomic E-state index is 0.0880. The molecule has 0 atom stereocenters. The summed E-state index contributed by atoms with van der Waals surface area (Å²) >= 11 is 0. The van der Waals surface area contributed by atoms with Gasteiger partial charge in [0.05, 0.1) is 14.2 Å². The van der Waals surface area contributed by atoms with Crippen molar-refractivity contribution in [2.45, 2.75) is 18.9 Å². The molecule has 1 aliphatic carbocycles. The number of nitrogens with one attached hydrogen (secondary N) is 1. The van der Waals surface area contributed by atoms with E-state index in [0.29, 0.717) is 30.6 Å². The fraction of sp³-hybridized carbons (Fsp3) is 0.500. The van der Waals surface area contributed by atoms with Crippen LogP contribution in [0.2, 0.25) is 0 Å². The number of hydrogen-bond donors (Lipinski definition) is 1. The maximum absolute atomic E-state index is 12.5. The topological polar surface area (TPSA) is 71.1 Å². The van der Waals surface area contributed by atoms with Crippen LogP contribution in [0.1, 0.15) is 12.8 Å². The van der Waals surface area contributed by atoms with Gasteiger partial charge in [-0.1, -0.05) is 0 Å². The number of carbonyl (C=O) groups is 2. The summed E-state index contributed by atoms with van der Waals surface area (Å²) in [7, 11) is 3.13. The van der Waals surface area contributed by atoms with Crippen LogP contribution in [0.4, 0.5) is 10.5 Å². The first kappa shape index (κ1) is 15.5. The molecule has 1 saturated heterocycles. The molecule has 124 valence electrons. The number of anilines is 1. The van der Waals surface area contributed by atoms with Crippen molar-refractivity contribution in [2.24, 2.45) is 0 Å². The fourth-order valence-corrected chi connectivity index (χ4v) is 2.64. The quantitative estimate of drug-likeness (QED) is 0.856. The lowest BCUT2D eigenvalue weighted by Gasteiger charge is -2.19. The predicted molar refractivity (Wildman–Crippen MR) is 85.0 cm³/mol. The summed E-state index contributed by atoms with van der Waals surface area (Å²) in [5, 5.41) is 2.90. The molecule has 0 unspecified atom stereocenters. The Morgan fingerprint density at radius 2 is 1.96 bits per heavy atom. The van der Waals surface area contributed by atoms with E-state index in [9.17, 15) is 9.59 Å². The van der Waals surface area contributed by atoms with Gasteiger partial charge in [-0.3, -0.25) is 9.69 Å². The molecule has 3 rings (SSSR count). The molecular weight excluding hydrogens is 298 g/mol. The van der Waals surface area contributed by atoms with Crippen molar-refractivity contribution in [1.82, 2.24) is 10.2 Å². The number of methoxy groups -OCH3 is 2. The lowest BCUT2D eigenvalue weighted by molar-refractivity contribution is -0.121. The second-order valence-electron chi connectivity index (χ2n) is 5.74. The van der Waals surface area contributed by atoms with Crippen LogP contribution in [0.5, 0.6) is 11.5 Å². The Hall–Kier alpha value is -2.44. The summed E-state index contributed by atoms with van der Waals surface area (Å²) in [4.78, 5) is 27.6. The van der Waals surface area contributed by atoms with Gasteiger partial charge in [0.25, 0.3) is 0 Å². The Kier molecular flexibility index (Phi) is 4.27. The Bertz CT molecular complexity index is 615. The Labute approximate surface area is 135 Å². The summed E-state index contributed by atoms with van der Waals surface area (Å²) in [6.45, 7) is 1.19. The summed E-state index contributed by atoms with van der Waals surface area (Å²) in [5.74, 6) is 1.10. The fourth-order valence-electron chi connectivity index (χ4n) is 2.64. The molecule has 3 amide bonds. The molecule has 0 bridgehead atoms. The van der Waals surface area contributed by atoms with Crippen LogP contribution in [0.25, 0.3) is 0 Å². The van der Waals surface area contributed by atoms with E-state index in [1.165, 1.54) is 0 Å². The van der Waals surface area contributed by atoms with Crippen LogP contribution in [0, 0.1) is 0 Å². The normalized spacial score (nSPS) is 17.4. The number of benzene rings is 1. The van der Waals surface area contributed by atoms with Gasteiger partial charge in [-0.2, -0.15) is 0 Å². The van der Waals surface area contributed by atoms with E-state index in [1.807, 2.05) is 6.07 Å². The van der Waals surface area contributed by atoms with Crippen molar-refractivity contribution < 1.29 is 19.1 Å². The van der Waals surface area contributed by atoms with Gasteiger partial charge in [-0.05, 0) is 25.0 Å². The molecule has 1 saturated carbocycles. The van der Waals surface area contributed by atoms with Gasteiger partial charge < -0.3 is 19.7 Å². The van der Waals surface area contributed by atoms with E-state index in [2.05, 4.69) is 5.32 Å². The second-order valence-corrected chi connectivity index (χ2v) is 5.74. The lowest BCUT2D eigenvalue weighted by Crippen LogP contribution is -2.40. The van der Waals surface area contributed by atoms with E-state index < -0.39 is 0 Å². The first-order valence-corrected chi connectivity index (χ1v) is 7.70. The standard InChI is InChI=1S/C16H21N3O4/c1-22-13-6-5-12(9-14(13)23-2)19-8-7-18(16(19)21)10-15(20)17-11-3-4-11/h5-6,9,11H,3-4,7-8,10H2,1-2H3,(H,17,20). The minimum atomic E-state index is -0.164. The summed E-state index contributed by atoms with van der Waals surface area (Å²) in [6.07, 6.45) is 2.08. The van der Waals surface area contributed by atoms with Crippen LogP contribution in [0.15, 0.2) is 18.2 Å². The van der Waals surface area contributed by atoms with E-state index >= 15 is 0 Å². The molecule has 2 fully saturated rings. The maximum atomic E-state index is 12.5. The molecule has 1 heterocycles. The highest BCUT2D eigenvalue weighted by Crippen LogP contribution is 2.32. The average molecular weight is 319 g/mol. The molecule has 1 aromatic carbocycles. The Balaban J connectivity index is 1.67. The zero-order valence-corrected chi connectivity index (χ0v) is 13.4. The van der Waals surface area contributed by atoms with E-state index in [1.54, 1.807) is 36.2 Å². The molecular formula is C16H21N3O4. The van der Waals surface area contributed by atoms with Crippen LogP contribution < -0.4 is 19.7 Å². The van der Waals surface area contributed by atoms with Gasteiger partial charge in [0, 0.05) is 30.9 Å². The predicted octanol–water partition coefficient (Wildman–Crippen LogP) is 1.22. The third-order valence-corrected chi connectivity index (χ3v) is 4.05. The van der Waals surface area contributed by atoms with Gasteiger partial charge in [0.1, 0.15) is 6.54 Å². The lowest BCUT2D eigenvalue weighted by atomic mass is 10.2. The van der Waals surface area contributed by atoms with Crippen molar-refractivity contribution in [3.63, 3.8) is 0 Å². The van der Waals surface area contributed by atoms with Crippen molar-refractivity contribution in [3.8, 4) is 11.5 Å². The minimum Gasteiger partial charge on any atom is -0.493 e. The first-order chi connectivity index (χ1) is 11.1. The van der Waals surface area contributed by atoms with Gasteiger partial charge in [-0.25, -0.2) is 4.79 Å². The van der Waals surface area contributed by atoms with Crippen LogP contribution in [-0.4, -0.2) is 56.7 Å². The zero-order valence-electron chi connectivity index (χ0n) is 13.4. The summed E-state index contributed by atoms with van der Waals surface area (Å²) in [5.41, 5.74) is 0.734. The van der Waals surface area contributed by atoms with Crippen molar-refractivity contribution >= 4 is 17.6 Å². The summed E-state index contributed by atoms with van der Waals surface area (Å²) < 4.78 is 10.5. The Morgan fingerprint density at radius 3 is 2.61 bits per heavy atom. The van der Waals surface area contributed by atoms with Crippen LogP contribution >= 0.6 is 0 Å². The van der Waals surface area contributed by atoms with Crippen LogP contribution in [0.3, 0.4) is 0 Å². The summed E-state index contributed by atoms with van der Waals surface area (Å²) in [6, 6.07) is 5.49. The largest absolute Gasteiger partial charge is 0.493 e. The molecule has 0 aromatic heterocycles. The SMILES string of the molecule is COc1ccc(N2CCN(CC(=O)NC3CC3)C2=O)cc1OC. The maximum Gasteiger partial charge on any atom is 0.325 e. The highest BCUT2D eigenvalue weighted by atomic mass is 16.5. The van der Waals surface area contributed by atoms with Crippen molar-refractivity contribution in [2.75, 3.05) is 38.8 Å². The van der Waals surface area contributed by atoms with E-state index in [4.69, 9.17) is 9.47 Å². The first-order valence-electron chi connectivity index (χ1n) is 7.70. The molecule has 2 aliphatic rings. The number of hydrogen-bond acceptors (Lipinski definition) is 4. The molecule has 23 heavy (non-hydrogen) atoms. The molecule has 1 N–H and O–H groups in total. The van der Waals surface area contributed by atoms with Gasteiger partial charge >= 0.3 is 6.03 Å². The number of carbonyl (C=O) groups excluding carboxylic acids is 2. The number of ether oxygens (including phenoxy) is 2. The second kappa shape index (κ2) is 6.36. The number of amides is 3. The Morgan fingerprint density at radius 1 is 1.22 bits per heavy atom. The van der Waals surface area contributed by atoms with Gasteiger partial charge in [0.2, 0.25) is 5.91 Å². The smallest absolute Gasteiger partial charge is 0.325 e. The van der Waals surface area contributed by atoms with Crippen molar-refractivity contribution in [3.05, 3.63) is 18.2 Å². The molecule has 0 radical (unpaired) electrons. The molecule has 7 nitrogen and oxygen atoms in total. The van der Waals surface area contributed by atoms with Gasteiger partial charge in [-0.15, -0.1) is 0 Å². The number of rotatable bonds is 6. The number of nitrogens with zero attached hydrogens (tertiary/aromatic N) is 2. The van der Waals surface area contributed by atoms with Crippen LogP contribution in [-0.2, 0) is 4.79 Å². The monoisotopic (exact) mass is 319 g/mol. The molecule has 0 spiro atoms. The third-order valence-electron chi connectivity index (χ3n) is 4.05. The zero-order chi connectivity index (χ0) is 16.4. The highest BCUT2D eigenvalue weighted by molar-refractivity contribution is 5.96. The highest BCUT2D eigenvalue weighted by Gasteiger charge is 2.32. The molecule has 7 heteroatoms. The van der Waals surface area contributed by atoms with Gasteiger partial charge in [0.15, 0.2) is 11.5 Å². The van der Waals surface area contributed by atoms with E-state index in [-0.39, 0.29) is 18.5 Å². The third kappa shape index (κ3) is 3.33.